The molecule has 178 valence electrons. The molecule has 0 saturated carbocycles. The molecule has 0 atom stereocenters. The average Bonchev–Trinajstić information content (AvgIpc) is 3.55. The number of anilines is 1. The third-order valence-electron chi connectivity index (χ3n) is 5.49. The predicted molar refractivity (Wildman–Crippen MR) is 144 cm³/mol. The van der Waals surface area contributed by atoms with Gasteiger partial charge in [0.25, 0.3) is 5.91 Å². The molecule has 0 spiro atoms. The van der Waals surface area contributed by atoms with Crippen LogP contribution in [0.2, 0.25) is 5.02 Å². The number of nitrogens with one attached hydrogen (secondary N) is 2. The van der Waals surface area contributed by atoms with Crippen molar-refractivity contribution in [1.82, 2.24) is 25.6 Å². The molecule has 0 unspecified atom stereocenters. The number of H-pyrrole nitrogens is 1. The van der Waals surface area contributed by atoms with E-state index in [-0.39, 0.29) is 5.91 Å². The summed E-state index contributed by atoms with van der Waals surface area (Å²) in [4.78, 5) is 18.0. The molecule has 0 bridgehead atoms. The second-order valence-electron chi connectivity index (χ2n) is 8.23. The number of rotatable bonds is 6. The summed E-state index contributed by atoms with van der Waals surface area (Å²) in [5, 5.41) is 19.5. The number of aryl methyl sites for hydroxylation is 2. The molecule has 3 aromatic carbocycles. The van der Waals surface area contributed by atoms with E-state index in [1.807, 2.05) is 68.5 Å². The van der Waals surface area contributed by atoms with Crippen molar-refractivity contribution in [2.75, 3.05) is 5.32 Å². The topological polar surface area (TPSA) is 96.4 Å². The molecule has 0 aliphatic heterocycles. The van der Waals surface area contributed by atoms with Gasteiger partial charge in [-0.2, -0.15) is 5.21 Å². The van der Waals surface area contributed by atoms with Gasteiger partial charge in [-0.1, -0.05) is 82.6 Å². The number of nitrogens with zero attached hydrogens (tertiary/aromatic N) is 4. The molecule has 7 nitrogen and oxygen atoms in total. The zero-order valence-corrected chi connectivity index (χ0v) is 21.1. The fourth-order valence-electron chi connectivity index (χ4n) is 3.53. The summed E-state index contributed by atoms with van der Waals surface area (Å²) in [6, 6.07) is 22.9. The van der Waals surface area contributed by atoms with Crippen LogP contribution in [0.25, 0.3) is 22.9 Å². The number of aromatic amines is 1. The van der Waals surface area contributed by atoms with Gasteiger partial charge in [-0.3, -0.25) is 4.79 Å². The summed E-state index contributed by atoms with van der Waals surface area (Å²) in [7, 11) is 0. The molecule has 9 heteroatoms. The summed E-state index contributed by atoms with van der Waals surface area (Å²) in [6.45, 7) is 4.02. The van der Waals surface area contributed by atoms with Crippen molar-refractivity contribution in [1.29, 1.82) is 0 Å². The minimum absolute atomic E-state index is 0.218. The van der Waals surface area contributed by atoms with Gasteiger partial charge >= 0.3 is 0 Å². The van der Waals surface area contributed by atoms with Crippen LogP contribution in [0.1, 0.15) is 37.9 Å². The molecule has 0 fully saturated rings. The Labute approximate surface area is 216 Å². The predicted octanol–water partition coefficient (Wildman–Crippen LogP) is 6.43. The quantitative estimate of drug-likeness (QED) is 0.273. The van der Waals surface area contributed by atoms with Crippen molar-refractivity contribution < 1.29 is 4.79 Å². The average molecular weight is 513 g/mol. The number of halogens is 1. The smallest absolute Gasteiger partial charge is 0.256 e. The molecular weight excluding hydrogens is 492 g/mol. The highest BCUT2D eigenvalue weighted by Crippen LogP contribution is 2.38. The summed E-state index contributed by atoms with van der Waals surface area (Å²) in [6.07, 6.45) is 1.96. The van der Waals surface area contributed by atoms with Crippen molar-refractivity contribution in [2.45, 2.75) is 13.8 Å². The third-order valence-corrected chi connectivity index (χ3v) is 6.75. The number of benzene rings is 3. The van der Waals surface area contributed by atoms with Gasteiger partial charge in [0.05, 0.1) is 5.57 Å². The van der Waals surface area contributed by atoms with Gasteiger partial charge in [0.1, 0.15) is 15.7 Å². The third kappa shape index (κ3) is 5.25. The van der Waals surface area contributed by atoms with Gasteiger partial charge in [-0.05, 0) is 55.0 Å². The second kappa shape index (κ2) is 10.2. The van der Waals surface area contributed by atoms with Crippen LogP contribution in [0.15, 0.2) is 72.8 Å². The van der Waals surface area contributed by atoms with Crippen molar-refractivity contribution >= 4 is 45.5 Å². The van der Waals surface area contributed by atoms with Gasteiger partial charge in [-0.25, -0.2) is 4.98 Å². The minimum atomic E-state index is -0.218. The Morgan fingerprint density at radius 3 is 2.25 bits per heavy atom. The molecule has 36 heavy (non-hydrogen) atoms. The van der Waals surface area contributed by atoms with Crippen LogP contribution in [-0.4, -0.2) is 31.5 Å². The van der Waals surface area contributed by atoms with Gasteiger partial charge in [0.2, 0.25) is 5.82 Å². The molecule has 5 rings (SSSR count). The van der Waals surface area contributed by atoms with E-state index in [4.69, 9.17) is 16.6 Å². The van der Waals surface area contributed by atoms with E-state index in [1.54, 1.807) is 24.3 Å². The number of carbonyl (C=O) groups is 1. The van der Waals surface area contributed by atoms with E-state index in [2.05, 4.69) is 25.9 Å². The number of hydrogen-bond donors (Lipinski definition) is 2. The van der Waals surface area contributed by atoms with Crippen LogP contribution in [0.4, 0.5) is 5.00 Å². The monoisotopic (exact) mass is 512 g/mol. The SMILES string of the molecule is Cc1ccc(/C=C(\c2nn[nH]n2)c2nc(-c3ccc(Cl)cc3)c(NC(=O)c3ccc(C)cc3)s2)cc1. The number of tetrazole rings is 1. The standard InChI is InChI=1S/C27H21ClN6OS/c1-16-3-7-18(8-4-16)15-22(24-31-33-34-32-24)26-29-23(19-11-13-21(28)14-12-19)27(36-26)30-25(35)20-9-5-17(2)6-10-20/h3-15H,1-2H3,(H,30,35)(H,31,32,33,34)/b22-15+. The van der Waals surface area contributed by atoms with E-state index in [0.29, 0.717) is 37.7 Å². The first-order valence-electron chi connectivity index (χ1n) is 11.1. The summed E-state index contributed by atoms with van der Waals surface area (Å²) in [5.41, 5.74) is 5.91. The fraction of sp³-hybridized carbons (Fsp3) is 0.0741. The highest BCUT2D eigenvalue weighted by molar-refractivity contribution is 7.17. The molecule has 0 aliphatic rings. The zero-order valence-electron chi connectivity index (χ0n) is 19.5. The van der Waals surface area contributed by atoms with E-state index < -0.39 is 0 Å². The lowest BCUT2D eigenvalue weighted by molar-refractivity contribution is 0.102. The molecule has 2 aromatic heterocycles. The normalized spacial score (nSPS) is 11.5. The molecule has 5 aromatic rings. The lowest BCUT2D eigenvalue weighted by atomic mass is 10.1. The second-order valence-corrected chi connectivity index (χ2v) is 9.66. The molecule has 2 heterocycles. The maximum atomic E-state index is 13.1. The zero-order chi connectivity index (χ0) is 25.1. The Morgan fingerprint density at radius 2 is 1.61 bits per heavy atom. The van der Waals surface area contributed by atoms with E-state index in [1.165, 1.54) is 11.3 Å². The summed E-state index contributed by atoms with van der Waals surface area (Å²) in [5.74, 6) is 0.187. The van der Waals surface area contributed by atoms with Crippen molar-refractivity contribution in [3.8, 4) is 11.3 Å². The Kier molecular flexibility index (Phi) is 6.71. The van der Waals surface area contributed by atoms with Gasteiger partial charge in [0, 0.05) is 16.1 Å². The molecule has 0 saturated heterocycles. The Hall–Kier alpha value is -4.14. The van der Waals surface area contributed by atoms with E-state index in [0.717, 1.165) is 22.3 Å². The fourth-order valence-corrected chi connectivity index (χ4v) is 4.65. The highest BCUT2D eigenvalue weighted by atomic mass is 35.5. The van der Waals surface area contributed by atoms with Crippen molar-refractivity contribution in [2.24, 2.45) is 0 Å². The van der Waals surface area contributed by atoms with Gasteiger partial charge in [0.15, 0.2) is 0 Å². The van der Waals surface area contributed by atoms with E-state index >= 15 is 0 Å². The number of carbonyl (C=O) groups excluding carboxylic acids is 1. The first-order chi connectivity index (χ1) is 17.5. The molecule has 1 amide bonds. The lowest BCUT2D eigenvalue weighted by Crippen LogP contribution is -2.11. The number of hydrogen-bond acceptors (Lipinski definition) is 6. The number of thiazole rings is 1. The first kappa shape index (κ1) is 23.6. The molecular formula is C27H21ClN6OS. The molecule has 0 radical (unpaired) electrons. The highest BCUT2D eigenvalue weighted by Gasteiger charge is 2.21. The summed E-state index contributed by atoms with van der Waals surface area (Å²) >= 11 is 7.46. The van der Waals surface area contributed by atoms with Crippen LogP contribution in [0, 0.1) is 13.8 Å². The number of aromatic nitrogens is 5. The van der Waals surface area contributed by atoms with Crippen LogP contribution in [0.3, 0.4) is 0 Å². The van der Waals surface area contributed by atoms with Crippen molar-refractivity contribution in [3.63, 3.8) is 0 Å². The van der Waals surface area contributed by atoms with Crippen LogP contribution in [-0.2, 0) is 0 Å². The van der Waals surface area contributed by atoms with Crippen LogP contribution in [0.5, 0.6) is 0 Å². The van der Waals surface area contributed by atoms with Gasteiger partial charge in [-0.15, -0.1) is 10.2 Å². The first-order valence-corrected chi connectivity index (χ1v) is 12.3. The maximum Gasteiger partial charge on any atom is 0.256 e. The summed E-state index contributed by atoms with van der Waals surface area (Å²) < 4.78 is 0. The van der Waals surface area contributed by atoms with E-state index in [9.17, 15) is 4.79 Å². The largest absolute Gasteiger partial charge is 0.312 e. The number of amides is 1. The van der Waals surface area contributed by atoms with Crippen LogP contribution < -0.4 is 5.32 Å². The minimum Gasteiger partial charge on any atom is -0.312 e. The molecule has 0 aliphatic carbocycles. The Bertz CT molecular complexity index is 1520. The Balaban J connectivity index is 1.61. The molecule has 2 N–H and O–H groups in total. The van der Waals surface area contributed by atoms with Crippen LogP contribution >= 0.6 is 22.9 Å². The lowest BCUT2D eigenvalue weighted by Gasteiger charge is -2.06. The Morgan fingerprint density at radius 1 is 0.944 bits per heavy atom. The van der Waals surface area contributed by atoms with Gasteiger partial charge < -0.3 is 5.32 Å². The maximum absolute atomic E-state index is 13.1. The van der Waals surface area contributed by atoms with Crippen molar-refractivity contribution in [3.05, 3.63) is 111 Å².